The topological polar surface area (TPSA) is 64.0 Å². The lowest BCUT2D eigenvalue weighted by atomic mass is 10.1. The van der Waals surface area contributed by atoms with Crippen LogP contribution in [-0.4, -0.2) is 21.2 Å². The van der Waals surface area contributed by atoms with E-state index < -0.39 is 0 Å². The summed E-state index contributed by atoms with van der Waals surface area (Å²) >= 11 is 1.27. The highest BCUT2D eigenvalue weighted by molar-refractivity contribution is 7.99. The van der Waals surface area contributed by atoms with Crippen LogP contribution in [0.1, 0.15) is 31.0 Å². The molecule has 0 saturated carbocycles. The van der Waals surface area contributed by atoms with Crippen molar-refractivity contribution in [1.82, 2.24) is 14.9 Å². The fraction of sp³-hybridized carbons (Fsp3) is 0.192. The molecule has 6 heteroatoms. The molecule has 32 heavy (non-hydrogen) atoms. The Hall–Kier alpha value is -3.38. The summed E-state index contributed by atoms with van der Waals surface area (Å²) in [7, 11) is 0. The highest BCUT2D eigenvalue weighted by atomic mass is 32.2. The molecule has 1 N–H and O–H groups in total. The summed E-state index contributed by atoms with van der Waals surface area (Å²) in [6.45, 7) is 4.05. The second-order valence-corrected chi connectivity index (χ2v) is 8.50. The maximum atomic E-state index is 13.3. The van der Waals surface area contributed by atoms with Crippen LogP contribution < -0.4 is 10.9 Å². The van der Waals surface area contributed by atoms with Crippen molar-refractivity contribution in [3.05, 3.63) is 100 Å². The summed E-state index contributed by atoms with van der Waals surface area (Å²) in [5.41, 5.74) is 3.47. The standard InChI is InChI=1S/C26H25N3O2S/c1-3-19-13-15-21(16-14-19)29-25(31)22-11-7-8-12-23(22)28-26(29)32-17-24(30)27-18(2)20-9-5-4-6-10-20/h4-16,18H,3,17H2,1-2H3,(H,27,30). The number of nitrogens with zero attached hydrogens (tertiary/aromatic N) is 2. The second kappa shape index (κ2) is 9.83. The van der Waals surface area contributed by atoms with Gasteiger partial charge in [-0.3, -0.25) is 14.2 Å². The summed E-state index contributed by atoms with van der Waals surface area (Å²) in [6, 6.07) is 24.9. The number of aromatic nitrogens is 2. The Bertz CT molecular complexity index is 1280. The minimum absolute atomic E-state index is 0.0994. The van der Waals surface area contributed by atoms with Gasteiger partial charge in [0.15, 0.2) is 5.16 Å². The van der Waals surface area contributed by atoms with Gasteiger partial charge in [0.2, 0.25) is 5.91 Å². The molecule has 1 heterocycles. The van der Waals surface area contributed by atoms with Gasteiger partial charge in [0.1, 0.15) is 0 Å². The molecule has 0 saturated heterocycles. The van der Waals surface area contributed by atoms with E-state index in [4.69, 9.17) is 4.98 Å². The molecule has 0 bridgehead atoms. The van der Waals surface area contributed by atoms with E-state index >= 15 is 0 Å². The van der Waals surface area contributed by atoms with Crippen LogP contribution in [0.3, 0.4) is 0 Å². The van der Waals surface area contributed by atoms with Crippen LogP contribution in [0.2, 0.25) is 0 Å². The van der Waals surface area contributed by atoms with Crippen LogP contribution in [0.5, 0.6) is 0 Å². The number of aryl methyl sites for hydroxylation is 1. The molecule has 0 radical (unpaired) electrons. The van der Waals surface area contributed by atoms with E-state index in [-0.39, 0.29) is 23.3 Å². The number of fused-ring (bicyclic) bond motifs is 1. The minimum Gasteiger partial charge on any atom is -0.349 e. The third-order valence-corrected chi connectivity index (χ3v) is 6.30. The number of rotatable bonds is 7. The summed E-state index contributed by atoms with van der Waals surface area (Å²) in [5.74, 6) is 0.0521. The van der Waals surface area contributed by atoms with Gasteiger partial charge in [0.25, 0.3) is 5.56 Å². The van der Waals surface area contributed by atoms with E-state index in [2.05, 4.69) is 12.2 Å². The minimum atomic E-state index is -0.139. The third-order valence-electron chi connectivity index (χ3n) is 5.36. The number of hydrogen-bond donors (Lipinski definition) is 1. The molecule has 0 spiro atoms. The van der Waals surface area contributed by atoms with Gasteiger partial charge in [-0.1, -0.05) is 73.3 Å². The number of nitrogens with one attached hydrogen (secondary N) is 1. The SMILES string of the molecule is CCc1ccc(-n2c(SCC(=O)NC(C)c3ccccc3)nc3ccccc3c2=O)cc1. The summed E-state index contributed by atoms with van der Waals surface area (Å²) in [5, 5.41) is 4.07. The summed E-state index contributed by atoms with van der Waals surface area (Å²) < 4.78 is 1.60. The van der Waals surface area contributed by atoms with E-state index in [1.165, 1.54) is 17.3 Å². The molecule has 0 aliphatic carbocycles. The lowest BCUT2D eigenvalue weighted by molar-refractivity contribution is -0.119. The van der Waals surface area contributed by atoms with Crippen molar-refractivity contribution in [1.29, 1.82) is 0 Å². The average molecular weight is 444 g/mol. The molecule has 1 aromatic heterocycles. The first-order chi connectivity index (χ1) is 15.6. The van der Waals surface area contributed by atoms with E-state index in [0.29, 0.717) is 16.1 Å². The number of hydrogen-bond acceptors (Lipinski definition) is 4. The zero-order valence-corrected chi connectivity index (χ0v) is 18.9. The monoisotopic (exact) mass is 443 g/mol. The zero-order valence-electron chi connectivity index (χ0n) is 18.1. The lowest BCUT2D eigenvalue weighted by Gasteiger charge is -2.16. The molecule has 5 nitrogen and oxygen atoms in total. The van der Waals surface area contributed by atoms with E-state index in [1.54, 1.807) is 10.6 Å². The van der Waals surface area contributed by atoms with Crippen molar-refractivity contribution in [2.24, 2.45) is 0 Å². The molecule has 0 aliphatic heterocycles. The molecule has 3 aromatic carbocycles. The molecule has 0 fully saturated rings. The number of benzene rings is 3. The maximum Gasteiger partial charge on any atom is 0.266 e. The predicted molar refractivity (Wildman–Crippen MR) is 130 cm³/mol. The van der Waals surface area contributed by atoms with E-state index in [9.17, 15) is 9.59 Å². The van der Waals surface area contributed by atoms with Crippen molar-refractivity contribution in [2.45, 2.75) is 31.5 Å². The van der Waals surface area contributed by atoms with Gasteiger partial charge in [-0.25, -0.2) is 4.98 Å². The Morgan fingerprint density at radius 1 is 1.00 bits per heavy atom. The Morgan fingerprint density at radius 3 is 2.41 bits per heavy atom. The third kappa shape index (κ3) is 4.75. The quantitative estimate of drug-likeness (QED) is 0.325. The van der Waals surface area contributed by atoms with Gasteiger partial charge in [-0.05, 0) is 48.7 Å². The van der Waals surface area contributed by atoms with Gasteiger partial charge < -0.3 is 5.32 Å². The summed E-state index contributed by atoms with van der Waals surface area (Å²) in [6.07, 6.45) is 0.923. The Balaban J connectivity index is 1.62. The predicted octanol–water partition coefficient (Wildman–Crippen LogP) is 4.92. The Kier molecular flexibility index (Phi) is 6.71. The largest absolute Gasteiger partial charge is 0.349 e. The van der Waals surface area contributed by atoms with Gasteiger partial charge >= 0.3 is 0 Å². The number of carbonyl (C=O) groups is 1. The van der Waals surface area contributed by atoms with E-state index in [1.807, 2.05) is 79.7 Å². The fourth-order valence-corrected chi connectivity index (χ4v) is 4.38. The van der Waals surface area contributed by atoms with Crippen LogP contribution in [0.15, 0.2) is 88.8 Å². The Morgan fingerprint density at radius 2 is 1.69 bits per heavy atom. The van der Waals surface area contributed by atoms with Crippen LogP contribution >= 0.6 is 11.8 Å². The first kappa shape index (κ1) is 21.8. The normalized spacial score (nSPS) is 11.9. The molecular formula is C26H25N3O2S. The number of carbonyl (C=O) groups excluding carboxylic acids is 1. The number of para-hydroxylation sites is 1. The summed E-state index contributed by atoms with van der Waals surface area (Å²) in [4.78, 5) is 30.7. The Labute approximate surface area is 191 Å². The maximum absolute atomic E-state index is 13.3. The molecule has 0 aliphatic rings. The number of thioether (sulfide) groups is 1. The molecule has 1 amide bonds. The van der Waals surface area contributed by atoms with Crippen LogP contribution in [0, 0.1) is 0 Å². The van der Waals surface area contributed by atoms with Gasteiger partial charge in [-0.15, -0.1) is 0 Å². The van der Waals surface area contributed by atoms with Gasteiger partial charge in [0, 0.05) is 0 Å². The smallest absolute Gasteiger partial charge is 0.266 e. The molecule has 1 atom stereocenters. The molecule has 1 unspecified atom stereocenters. The van der Waals surface area contributed by atoms with Crippen molar-refractivity contribution in [2.75, 3.05) is 5.75 Å². The van der Waals surface area contributed by atoms with Gasteiger partial charge in [-0.2, -0.15) is 0 Å². The fourth-order valence-electron chi connectivity index (χ4n) is 3.56. The van der Waals surface area contributed by atoms with Crippen molar-refractivity contribution in [3.63, 3.8) is 0 Å². The van der Waals surface area contributed by atoms with Crippen molar-refractivity contribution >= 4 is 28.6 Å². The van der Waals surface area contributed by atoms with Crippen molar-refractivity contribution in [3.8, 4) is 5.69 Å². The van der Waals surface area contributed by atoms with Crippen LogP contribution in [0.25, 0.3) is 16.6 Å². The lowest BCUT2D eigenvalue weighted by Crippen LogP contribution is -2.29. The molecule has 4 aromatic rings. The van der Waals surface area contributed by atoms with Crippen LogP contribution in [0.4, 0.5) is 0 Å². The number of amides is 1. The molecule has 162 valence electrons. The second-order valence-electron chi connectivity index (χ2n) is 7.56. The average Bonchev–Trinajstić information content (AvgIpc) is 2.83. The van der Waals surface area contributed by atoms with E-state index in [0.717, 1.165) is 17.7 Å². The van der Waals surface area contributed by atoms with Crippen LogP contribution in [-0.2, 0) is 11.2 Å². The molecular weight excluding hydrogens is 418 g/mol. The van der Waals surface area contributed by atoms with Gasteiger partial charge in [0.05, 0.1) is 28.4 Å². The molecule has 4 rings (SSSR count). The van der Waals surface area contributed by atoms with Crippen molar-refractivity contribution < 1.29 is 4.79 Å². The zero-order chi connectivity index (χ0) is 22.5. The highest BCUT2D eigenvalue weighted by Crippen LogP contribution is 2.22. The highest BCUT2D eigenvalue weighted by Gasteiger charge is 2.16. The first-order valence-corrected chi connectivity index (χ1v) is 11.6. The first-order valence-electron chi connectivity index (χ1n) is 10.6.